The summed E-state index contributed by atoms with van der Waals surface area (Å²) in [5.41, 5.74) is 0.196. The fourth-order valence-corrected chi connectivity index (χ4v) is 2.18. The summed E-state index contributed by atoms with van der Waals surface area (Å²) in [5, 5.41) is 2.74. The van der Waals surface area contributed by atoms with Gasteiger partial charge in [0.05, 0.1) is 11.3 Å². The van der Waals surface area contributed by atoms with Crippen LogP contribution in [0.1, 0.15) is 18.1 Å². The third-order valence-electron chi connectivity index (χ3n) is 2.73. The molecule has 0 radical (unpaired) electrons. The first-order valence-corrected chi connectivity index (χ1v) is 7.60. The molecule has 1 aromatic rings. The topological polar surface area (TPSA) is 46.2 Å². The minimum absolute atomic E-state index is 0.0241. The Kier molecular flexibility index (Phi) is 4.84. The molecule has 0 amide bonds. The minimum atomic E-state index is -4.40. The van der Waals surface area contributed by atoms with E-state index in [1.807, 2.05) is 0 Å². The molecule has 1 rings (SSSR count). The van der Waals surface area contributed by atoms with Crippen LogP contribution in [0.2, 0.25) is 0 Å². The van der Waals surface area contributed by atoms with Crippen LogP contribution >= 0.6 is 0 Å². The van der Waals surface area contributed by atoms with Gasteiger partial charge in [-0.15, -0.1) is 0 Å². The predicted octanol–water partition coefficient (Wildman–Crippen LogP) is 2.86. The maximum Gasteiger partial charge on any atom is 0.416 e. The maximum atomic E-state index is 12.5. The molecule has 0 unspecified atom stereocenters. The van der Waals surface area contributed by atoms with Gasteiger partial charge in [-0.25, -0.2) is 8.42 Å². The Morgan fingerprint density at radius 3 is 2.42 bits per heavy atom. The quantitative estimate of drug-likeness (QED) is 0.908. The number of alkyl halides is 3. The Labute approximate surface area is 110 Å². The normalized spacial score (nSPS) is 12.5. The highest BCUT2D eigenvalue weighted by atomic mass is 32.2. The molecule has 19 heavy (non-hydrogen) atoms. The van der Waals surface area contributed by atoms with Crippen LogP contribution in [-0.2, 0) is 16.0 Å². The average molecular weight is 295 g/mol. The lowest BCUT2D eigenvalue weighted by atomic mass is 10.1. The molecular weight excluding hydrogens is 279 g/mol. The van der Waals surface area contributed by atoms with Crippen molar-refractivity contribution in [2.24, 2.45) is 0 Å². The summed E-state index contributed by atoms with van der Waals surface area (Å²) >= 11 is 0. The summed E-state index contributed by atoms with van der Waals surface area (Å²) < 4.78 is 60.2. The molecule has 7 heteroatoms. The van der Waals surface area contributed by atoms with Crippen molar-refractivity contribution in [1.82, 2.24) is 0 Å². The summed E-state index contributed by atoms with van der Waals surface area (Å²) in [7, 11) is -3.13. The predicted molar refractivity (Wildman–Crippen MR) is 69.0 cm³/mol. The van der Waals surface area contributed by atoms with Gasteiger partial charge in [0.2, 0.25) is 0 Å². The number of benzene rings is 1. The Bertz CT molecular complexity index is 538. The van der Waals surface area contributed by atoms with Crippen molar-refractivity contribution < 1.29 is 21.6 Å². The first-order valence-electron chi connectivity index (χ1n) is 5.78. The van der Waals surface area contributed by atoms with E-state index in [2.05, 4.69) is 5.32 Å². The van der Waals surface area contributed by atoms with Crippen LogP contribution in [0.5, 0.6) is 0 Å². The van der Waals surface area contributed by atoms with Gasteiger partial charge in [-0.05, 0) is 24.6 Å². The molecule has 0 aliphatic heterocycles. The second kappa shape index (κ2) is 5.81. The van der Waals surface area contributed by atoms with E-state index in [0.717, 1.165) is 12.1 Å². The lowest BCUT2D eigenvalue weighted by Crippen LogP contribution is -2.18. The SMILES string of the molecule is CCS(=O)(=O)CCNc1cc(C(F)(F)F)ccc1C. The van der Waals surface area contributed by atoms with E-state index >= 15 is 0 Å². The molecule has 0 saturated carbocycles. The molecule has 0 spiro atoms. The summed E-state index contributed by atoms with van der Waals surface area (Å²) in [6, 6.07) is 3.36. The van der Waals surface area contributed by atoms with Crippen LogP contribution in [0.4, 0.5) is 18.9 Å². The van der Waals surface area contributed by atoms with Crippen molar-refractivity contribution in [2.45, 2.75) is 20.0 Å². The zero-order valence-corrected chi connectivity index (χ0v) is 11.5. The van der Waals surface area contributed by atoms with Crippen LogP contribution in [0.3, 0.4) is 0 Å². The number of halogens is 3. The molecule has 0 aliphatic rings. The largest absolute Gasteiger partial charge is 0.416 e. The van der Waals surface area contributed by atoms with Gasteiger partial charge in [0.25, 0.3) is 0 Å². The third kappa shape index (κ3) is 4.74. The minimum Gasteiger partial charge on any atom is -0.384 e. The molecule has 0 saturated heterocycles. The highest BCUT2D eigenvalue weighted by Gasteiger charge is 2.30. The highest BCUT2D eigenvalue weighted by molar-refractivity contribution is 7.91. The van der Waals surface area contributed by atoms with Crippen LogP contribution in [0, 0.1) is 6.92 Å². The van der Waals surface area contributed by atoms with Crippen molar-refractivity contribution in [1.29, 1.82) is 0 Å². The third-order valence-corrected chi connectivity index (χ3v) is 4.44. The summed E-state index contributed by atoms with van der Waals surface area (Å²) in [4.78, 5) is 0. The van der Waals surface area contributed by atoms with Gasteiger partial charge in [0.1, 0.15) is 0 Å². The van der Waals surface area contributed by atoms with E-state index in [4.69, 9.17) is 0 Å². The maximum absolute atomic E-state index is 12.5. The second-order valence-corrected chi connectivity index (χ2v) is 6.66. The number of sulfone groups is 1. The van der Waals surface area contributed by atoms with E-state index in [1.54, 1.807) is 6.92 Å². The van der Waals surface area contributed by atoms with Crippen molar-refractivity contribution in [3.63, 3.8) is 0 Å². The Morgan fingerprint density at radius 1 is 1.26 bits per heavy atom. The molecule has 0 atom stereocenters. The zero-order valence-electron chi connectivity index (χ0n) is 10.7. The van der Waals surface area contributed by atoms with E-state index in [0.29, 0.717) is 11.3 Å². The molecule has 0 aromatic heterocycles. The number of hydrogen-bond donors (Lipinski definition) is 1. The molecule has 0 bridgehead atoms. The number of nitrogens with one attached hydrogen (secondary N) is 1. The summed E-state index contributed by atoms with van der Waals surface area (Å²) in [6.45, 7) is 3.29. The Hall–Kier alpha value is -1.24. The smallest absolute Gasteiger partial charge is 0.384 e. The fourth-order valence-electron chi connectivity index (χ4n) is 1.47. The zero-order chi connectivity index (χ0) is 14.7. The van der Waals surface area contributed by atoms with E-state index < -0.39 is 21.6 Å². The van der Waals surface area contributed by atoms with Gasteiger partial charge >= 0.3 is 6.18 Å². The van der Waals surface area contributed by atoms with Gasteiger partial charge in [0.15, 0.2) is 9.84 Å². The van der Waals surface area contributed by atoms with Crippen LogP contribution in [0.25, 0.3) is 0 Å². The van der Waals surface area contributed by atoms with Crippen LogP contribution in [0.15, 0.2) is 18.2 Å². The number of anilines is 1. The van der Waals surface area contributed by atoms with Gasteiger partial charge in [-0.3, -0.25) is 0 Å². The molecule has 3 nitrogen and oxygen atoms in total. The second-order valence-electron chi connectivity index (χ2n) is 4.19. The van der Waals surface area contributed by atoms with E-state index in [1.165, 1.54) is 13.0 Å². The van der Waals surface area contributed by atoms with Crippen LogP contribution < -0.4 is 5.32 Å². The van der Waals surface area contributed by atoms with Gasteiger partial charge in [0, 0.05) is 18.0 Å². The van der Waals surface area contributed by atoms with E-state index in [-0.39, 0.29) is 18.1 Å². The fraction of sp³-hybridized carbons (Fsp3) is 0.500. The molecular formula is C12H16F3NO2S. The molecule has 0 heterocycles. The van der Waals surface area contributed by atoms with Gasteiger partial charge < -0.3 is 5.32 Å². The highest BCUT2D eigenvalue weighted by Crippen LogP contribution is 2.31. The van der Waals surface area contributed by atoms with Gasteiger partial charge in [-0.1, -0.05) is 13.0 Å². The lowest BCUT2D eigenvalue weighted by molar-refractivity contribution is -0.137. The molecule has 108 valence electrons. The van der Waals surface area contributed by atoms with Crippen molar-refractivity contribution in [2.75, 3.05) is 23.4 Å². The molecule has 0 aliphatic carbocycles. The average Bonchev–Trinajstić information content (AvgIpc) is 2.30. The molecule has 1 N–H and O–H groups in total. The summed E-state index contributed by atoms with van der Waals surface area (Å²) in [6.07, 6.45) is -4.40. The van der Waals surface area contributed by atoms with Crippen LogP contribution in [-0.4, -0.2) is 26.5 Å². The lowest BCUT2D eigenvalue weighted by Gasteiger charge is -2.13. The first-order chi connectivity index (χ1) is 8.65. The number of aryl methyl sites for hydroxylation is 1. The molecule has 0 fully saturated rings. The van der Waals surface area contributed by atoms with Crippen molar-refractivity contribution >= 4 is 15.5 Å². The van der Waals surface area contributed by atoms with Crippen molar-refractivity contribution in [3.8, 4) is 0 Å². The number of hydrogen-bond acceptors (Lipinski definition) is 3. The summed E-state index contributed by atoms with van der Waals surface area (Å²) in [5.74, 6) is -0.0740. The Morgan fingerprint density at radius 2 is 1.89 bits per heavy atom. The number of rotatable bonds is 5. The first kappa shape index (κ1) is 15.8. The van der Waals surface area contributed by atoms with Crippen molar-refractivity contribution in [3.05, 3.63) is 29.3 Å². The van der Waals surface area contributed by atoms with Gasteiger partial charge in [-0.2, -0.15) is 13.2 Å². The Balaban J connectivity index is 2.79. The standard InChI is InChI=1S/C12H16F3NO2S/c1-3-19(17,18)7-6-16-11-8-10(12(13,14)15)5-4-9(11)2/h4-5,8,16H,3,6-7H2,1-2H3. The molecule has 1 aromatic carbocycles. The van der Waals surface area contributed by atoms with E-state index in [9.17, 15) is 21.6 Å². The monoisotopic (exact) mass is 295 g/mol.